The molecule has 0 fully saturated rings. The van der Waals surface area contributed by atoms with E-state index in [2.05, 4.69) is 19.1 Å². The van der Waals surface area contributed by atoms with Crippen molar-refractivity contribution < 1.29 is 67.1 Å². The average molecular weight is 623 g/mol. The van der Waals surface area contributed by atoms with Crippen LogP contribution < -0.4 is 0 Å². The van der Waals surface area contributed by atoms with Crippen LogP contribution in [0.5, 0.6) is 0 Å². The molecule has 0 spiro atoms. The highest BCUT2D eigenvalue weighted by Gasteiger charge is 2.32. The van der Waals surface area contributed by atoms with Crippen molar-refractivity contribution in [1.82, 2.24) is 15.0 Å². The summed E-state index contributed by atoms with van der Waals surface area (Å²) in [5, 5.41) is 16.9. The molecule has 0 bridgehead atoms. The molecule has 3 rings (SSSR count). The third kappa shape index (κ3) is 13.4. The van der Waals surface area contributed by atoms with Gasteiger partial charge in [0.25, 0.3) is 10.1 Å². The molecule has 0 unspecified atom stereocenters. The molecule has 0 aliphatic heterocycles. The van der Waals surface area contributed by atoms with Crippen LogP contribution in [0.2, 0.25) is 0 Å². The molecule has 41 heavy (non-hydrogen) atoms. The summed E-state index contributed by atoms with van der Waals surface area (Å²) in [6, 6.07) is 2.19. The zero-order valence-electron chi connectivity index (χ0n) is 20.3. The fraction of sp³-hybridized carbons (Fsp3) is 0.273. The van der Waals surface area contributed by atoms with E-state index < -0.39 is 70.1 Å². The molecular formula is C22H18F9N3O6S. The molecule has 3 aromatic heterocycles. The number of hydrogen-bond acceptors (Lipinski definition) is 8. The molecule has 0 amide bonds. The van der Waals surface area contributed by atoms with Gasteiger partial charge in [-0.2, -0.15) is 47.9 Å². The molecule has 9 nitrogen and oxygen atoms in total. The van der Waals surface area contributed by atoms with Gasteiger partial charge in [-0.3, -0.25) is 19.1 Å². The van der Waals surface area contributed by atoms with Crippen molar-refractivity contribution in [2.45, 2.75) is 31.7 Å². The number of pyridine rings is 3. The van der Waals surface area contributed by atoms with Crippen LogP contribution in [0.1, 0.15) is 38.2 Å². The largest absolute Gasteiger partial charge is 0.478 e. The monoisotopic (exact) mass is 623 g/mol. The zero-order valence-corrected chi connectivity index (χ0v) is 21.1. The first kappa shape index (κ1) is 35.2. The van der Waals surface area contributed by atoms with Crippen LogP contribution in [0.15, 0.2) is 55.4 Å². The topological polar surface area (TPSA) is 140 Å². The Morgan fingerprint density at radius 3 is 1.51 bits per heavy atom. The Hall–Kier alpha value is -3.84. The summed E-state index contributed by atoms with van der Waals surface area (Å²) < 4.78 is 134. The molecule has 3 aromatic rings. The van der Waals surface area contributed by atoms with Crippen LogP contribution in [0, 0.1) is 0 Å². The maximum absolute atomic E-state index is 12.2. The highest BCUT2D eigenvalue weighted by molar-refractivity contribution is 7.85. The van der Waals surface area contributed by atoms with Crippen LogP contribution in [0.4, 0.5) is 39.5 Å². The molecule has 0 aliphatic rings. The lowest BCUT2D eigenvalue weighted by molar-refractivity contribution is -0.138. The molecule has 2 N–H and O–H groups in total. The minimum absolute atomic E-state index is 0.0419. The van der Waals surface area contributed by atoms with Crippen LogP contribution >= 0.6 is 0 Å². The van der Waals surface area contributed by atoms with Crippen molar-refractivity contribution in [3.05, 3.63) is 88.8 Å². The Morgan fingerprint density at radius 2 is 1.12 bits per heavy atom. The number of aromatic carboxylic acids is 1. The van der Waals surface area contributed by atoms with E-state index in [-0.39, 0.29) is 11.1 Å². The summed E-state index contributed by atoms with van der Waals surface area (Å²) in [6.07, 6.45) is -7.53. The maximum Gasteiger partial charge on any atom is 0.417 e. The fourth-order valence-corrected chi connectivity index (χ4v) is 2.69. The Balaban J connectivity index is 0.000000311. The molecule has 0 aliphatic carbocycles. The molecule has 0 atom stereocenters. The number of nitrogens with zero attached hydrogens (tertiary/aromatic N) is 3. The lowest BCUT2D eigenvalue weighted by Gasteiger charge is -2.07. The van der Waals surface area contributed by atoms with Gasteiger partial charge in [0.2, 0.25) is 0 Å². The van der Waals surface area contributed by atoms with Crippen molar-refractivity contribution in [2.75, 3.05) is 6.26 Å². The summed E-state index contributed by atoms with van der Waals surface area (Å²) in [4.78, 5) is 20.1. The number of aliphatic hydroxyl groups is 1. The van der Waals surface area contributed by atoms with E-state index in [1.54, 1.807) is 0 Å². The van der Waals surface area contributed by atoms with Crippen LogP contribution in [0.25, 0.3) is 0 Å². The van der Waals surface area contributed by atoms with Gasteiger partial charge in [0.1, 0.15) is 0 Å². The highest BCUT2D eigenvalue weighted by atomic mass is 32.2. The van der Waals surface area contributed by atoms with Gasteiger partial charge in [-0.05, 0) is 29.3 Å². The standard InChI is InChI=1S/C8H8F3NO3S.C7H4F3NO2.C7H6F3NO/c1-16(13,14)15-5-6-2-7(4-12-3-6)8(9,10)11;8-7(9,10)5-1-4(6(12)13)2-11-3-5;8-7(9,10)6-1-5(4-12)2-11-3-6/h2-4H,5H2,1H3;1-3H,(H,12,13);1-3,12H,4H2. The van der Waals surface area contributed by atoms with Crippen LogP contribution in [0.3, 0.4) is 0 Å². The number of halogens is 9. The van der Waals surface area contributed by atoms with E-state index >= 15 is 0 Å². The second kappa shape index (κ2) is 14.2. The molecule has 0 saturated heterocycles. The lowest BCUT2D eigenvalue weighted by Crippen LogP contribution is -2.08. The summed E-state index contributed by atoms with van der Waals surface area (Å²) in [5.74, 6) is -1.43. The van der Waals surface area contributed by atoms with Gasteiger partial charge in [0.15, 0.2) is 0 Å². The molecule has 0 radical (unpaired) electrons. The predicted octanol–water partition coefficient (Wildman–Crippen LogP) is 4.97. The van der Waals surface area contributed by atoms with Crippen LogP contribution in [-0.2, 0) is 46.0 Å². The number of carboxylic acids is 1. The van der Waals surface area contributed by atoms with Gasteiger partial charge >= 0.3 is 24.5 Å². The molecule has 0 saturated carbocycles. The normalized spacial score (nSPS) is 12.0. The maximum atomic E-state index is 12.2. The Bertz CT molecular complexity index is 1410. The first-order valence-corrected chi connectivity index (χ1v) is 12.2. The third-order valence-electron chi connectivity index (χ3n) is 4.18. The van der Waals surface area contributed by atoms with Crippen molar-refractivity contribution in [3.63, 3.8) is 0 Å². The third-order valence-corrected chi connectivity index (χ3v) is 4.73. The van der Waals surface area contributed by atoms with Gasteiger partial charge in [-0.1, -0.05) is 0 Å². The van der Waals surface area contributed by atoms with Gasteiger partial charge in [0.05, 0.1) is 41.7 Å². The SMILES string of the molecule is CS(=O)(=O)OCc1cncc(C(F)(F)F)c1.O=C(O)c1cncc(C(F)(F)F)c1.OCc1cncc(C(F)(F)F)c1. The van der Waals surface area contributed by atoms with E-state index in [4.69, 9.17) is 10.2 Å². The summed E-state index contributed by atoms with van der Waals surface area (Å²) in [6.45, 7) is -0.896. The second-order valence-corrected chi connectivity index (χ2v) is 9.19. The van der Waals surface area contributed by atoms with Gasteiger partial charge in [-0.25, -0.2) is 4.79 Å². The number of alkyl halides is 9. The number of carboxylic acid groups (broad SMARTS) is 1. The number of rotatable bonds is 5. The van der Waals surface area contributed by atoms with Gasteiger partial charge in [0, 0.05) is 37.2 Å². The number of aromatic nitrogens is 3. The molecule has 3 heterocycles. The Kier molecular flexibility index (Phi) is 12.2. The van der Waals surface area contributed by atoms with E-state index in [1.165, 1.54) is 6.20 Å². The Morgan fingerprint density at radius 1 is 0.732 bits per heavy atom. The lowest BCUT2D eigenvalue weighted by atomic mass is 10.2. The van der Waals surface area contributed by atoms with E-state index in [0.29, 0.717) is 18.5 Å². The fourth-order valence-electron chi connectivity index (χ4n) is 2.34. The molecular weight excluding hydrogens is 605 g/mol. The highest BCUT2D eigenvalue weighted by Crippen LogP contribution is 2.30. The summed E-state index contributed by atoms with van der Waals surface area (Å²) in [5.41, 5.74) is -3.12. The van der Waals surface area contributed by atoms with Gasteiger partial charge in [-0.15, -0.1) is 0 Å². The Labute approximate surface area is 225 Å². The van der Waals surface area contributed by atoms with Crippen molar-refractivity contribution >= 4 is 16.1 Å². The predicted molar refractivity (Wildman–Crippen MR) is 120 cm³/mol. The quantitative estimate of drug-likeness (QED) is 0.298. The number of hydrogen-bond donors (Lipinski definition) is 2. The number of carbonyl (C=O) groups is 1. The summed E-state index contributed by atoms with van der Waals surface area (Å²) >= 11 is 0. The average Bonchev–Trinajstić information content (AvgIpc) is 2.86. The smallest absolute Gasteiger partial charge is 0.417 e. The summed E-state index contributed by atoms with van der Waals surface area (Å²) in [7, 11) is -3.68. The van der Waals surface area contributed by atoms with Crippen LogP contribution in [-0.4, -0.2) is 45.8 Å². The molecule has 226 valence electrons. The van der Waals surface area contributed by atoms with Crippen molar-refractivity contribution in [1.29, 1.82) is 0 Å². The first-order valence-electron chi connectivity index (χ1n) is 10.4. The zero-order chi connectivity index (χ0) is 31.6. The molecule has 0 aromatic carbocycles. The van der Waals surface area contributed by atoms with Gasteiger partial charge < -0.3 is 10.2 Å². The first-order chi connectivity index (χ1) is 18.6. The van der Waals surface area contributed by atoms with Crippen molar-refractivity contribution in [3.8, 4) is 0 Å². The van der Waals surface area contributed by atoms with E-state index in [1.807, 2.05) is 0 Å². The number of aliphatic hydroxyl groups excluding tert-OH is 1. The molecule has 19 heteroatoms. The van der Waals surface area contributed by atoms with E-state index in [9.17, 15) is 52.7 Å². The second-order valence-electron chi connectivity index (χ2n) is 7.55. The minimum atomic E-state index is -4.56. The minimum Gasteiger partial charge on any atom is -0.478 e. The van der Waals surface area contributed by atoms with Crippen molar-refractivity contribution in [2.24, 2.45) is 0 Å². The van der Waals surface area contributed by atoms with E-state index in [0.717, 1.165) is 37.0 Å².